The average molecular weight is 564 g/mol. The van der Waals surface area contributed by atoms with Crippen molar-refractivity contribution in [2.45, 2.75) is 0 Å². The zero-order valence-corrected chi connectivity index (χ0v) is 22.5. The zero-order valence-electron chi connectivity index (χ0n) is 20.9. The minimum absolute atomic E-state index is 0.969. The molecule has 0 radical (unpaired) electrons. The lowest BCUT2D eigenvalue weighted by molar-refractivity contribution is 1.17. The van der Waals surface area contributed by atoms with Gasteiger partial charge in [0.25, 0.3) is 0 Å². The third-order valence-electron chi connectivity index (χ3n) is 7.61. The summed E-state index contributed by atoms with van der Waals surface area (Å²) in [4.78, 5) is 4.63. The van der Waals surface area contributed by atoms with Crippen molar-refractivity contribution < 1.29 is 0 Å². The minimum Gasteiger partial charge on any atom is -0.309 e. The van der Waals surface area contributed by atoms with Crippen LogP contribution in [0.15, 0.2) is 138 Å². The molecule has 0 unspecified atom stereocenters. The maximum absolute atomic E-state index is 4.63. The van der Waals surface area contributed by atoms with Crippen LogP contribution in [0, 0.1) is 0 Å². The summed E-state index contributed by atoms with van der Waals surface area (Å²) >= 11 is 3.70. The number of pyridine rings is 1. The summed E-state index contributed by atoms with van der Waals surface area (Å²) in [6, 6.07) is 45.3. The highest BCUT2D eigenvalue weighted by molar-refractivity contribution is 9.10. The Kier molecular flexibility index (Phi) is 4.97. The SMILES string of the molecule is Brc1cccc(-n2c3cc(-c4ccccn4)ccc3c3c4c5ccccc5n(-c5ccccc5)c4ccc32)c1. The molecule has 8 rings (SSSR count). The lowest BCUT2D eigenvalue weighted by Gasteiger charge is -2.10. The molecule has 0 aliphatic carbocycles. The third-order valence-corrected chi connectivity index (χ3v) is 8.10. The normalized spacial score (nSPS) is 11.7. The fourth-order valence-electron chi connectivity index (χ4n) is 6.01. The van der Waals surface area contributed by atoms with Crippen molar-refractivity contribution in [3.05, 3.63) is 138 Å². The number of halogens is 1. The maximum Gasteiger partial charge on any atom is 0.0702 e. The molecule has 8 aromatic rings. The van der Waals surface area contributed by atoms with Crippen LogP contribution in [-0.4, -0.2) is 14.1 Å². The third kappa shape index (κ3) is 3.38. The first-order chi connectivity index (χ1) is 19.3. The van der Waals surface area contributed by atoms with Crippen molar-refractivity contribution in [2.75, 3.05) is 0 Å². The first-order valence-electron chi connectivity index (χ1n) is 13.0. The molecule has 3 heterocycles. The summed E-state index contributed by atoms with van der Waals surface area (Å²) in [6.45, 7) is 0. The molecule has 0 saturated heterocycles. The minimum atomic E-state index is 0.969. The number of para-hydroxylation sites is 2. The summed E-state index contributed by atoms with van der Waals surface area (Å²) in [5.74, 6) is 0. The standard InChI is InChI=1S/C35H22BrN3/c36-24-9-8-12-26(22-24)39-32-19-18-31-34(27-13-4-5-15-30(27)38(31)25-10-2-1-3-11-25)35(32)28-17-16-23(21-33(28)39)29-14-6-7-20-37-29/h1-22H. The molecule has 184 valence electrons. The lowest BCUT2D eigenvalue weighted by atomic mass is 10.0. The predicted molar refractivity (Wildman–Crippen MR) is 166 cm³/mol. The summed E-state index contributed by atoms with van der Waals surface area (Å²) in [5.41, 5.74) is 9.11. The Morgan fingerprint density at radius 3 is 1.95 bits per heavy atom. The highest BCUT2D eigenvalue weighted by Crippen LogP contribution is 2.43. The molecule has 0 N–H and O–H groups in total. The fraction of sp³-hybridized carbons (Fsp3) is 0. The number of fused-ring (bicyclic) bond motifs is 7. The van der Waals surface area contributed by atoms with E-state index in [1.165, 1.54) is 38.1 Å². The van der Waals surface area contributed by atoms with E-state index in [9.17, 15) is 0 Å². The number of benzene rings is 5. The van der Waals surface area contributed by atoms with Gasteiger partial charge in [0.05, 0.1) is 27.8 Å². The molecule has 0 atom stereocenters. The van der Waals surface area contributed by atoms with Crippen molar-refractivity contribution in [3.8, 4) is 22.6 Å². The van der Waals surface area contributed by atoms with E-state index in [-0.39, 0.29) is 0 Å². The lowest BCUT2D eigenvalue weighted by Crippen LogP contribution is -1.95. The van der Waals surface area contributed by atoms with Gasteiger partial charge in [-0.3, -0.25) is 4.98 Å². The van der Waals surface area contributed by atoms with E-state index >= 15 is 0 Å². The molecule has 0 saturated carbocycles. The van der Waals surface area contributed by atoms with Gasteiger partial charge in [0.2, 0.25) is 0 Å². The van der Waals surface area contributed by atoms with E-state index in [1.807, 2.05) is 18.3 Å². The Hall–Kier alpha value is -4.67. The average Bonchev–Trinajstić information content (AvgIpc) is 3.50. The largest absolute Gasteiger partial charge is 0.309 e. The number of rotatable bonds is 3. The van der Waals surface area contributed by atoms with Gasteiger partial charge < -0.3 is 9.13 Å². The highest BCUT2D eigenvalue weighted by atomic mass is 79.9. The first kappa shape index (κ1) is 22.3. The van der Waals surface area contributed by atoms with Gasteiger partial charge in [0.1, 0.15) is 0 Å². The second-order valence-corrected chi connectivity index (χ2v) is 10.7. The smallest absolute Gasteiger partial charge is 0.0702 e. The van der Waals surface area contributed by atoms with Crippen LogP contribution < -0.4 is 0 Å². The molecule has 0 amide bonds. The zero-order chi connectivity index (χ0) is 25.9. The number of aromatic nitrogens is 3. The van der Waals surface area contributed by atoms with Gasteiger partial charge in [-0.1, -0.05) is 76.6 Å². The molecule has 3 aromatic heterocycles. The van der Waals surface area contributed by atoms with Gasteiger partial charge in [0, 0.05) is 49.2 Å². The Morgan fingerprint density at radius 1 is 0.487 bits per heavy atom. The summed E-state index contributed by atoms with van der Waals surface area (Å²) in [7, 11) is 0. The van der Waals surface area contributed by atoms with Crippen molar-refractivity contribution in [2.24, 2.45) is 0 Å². The van der Waals surface area contributed by atoms with Crippen LogP contribution in [-0.2, 0) is 0 Å². The molecular weight excluding hydrogens is 542 g/mol. The Balaban J connectivity index is 1.57. The van der Waals surface area contributed by atoms with Crippen molar-refractivity contribution >= 4 is 59.5 Å². The first-order valence-corrected chi connectivity index (χ1v) is 13.8. The van der Waals surface area contributed by atoms with Crippen molar-refractivity contribution in [3.63, 3.8) is 0 Å². The van der Waals surface area contributed by atoms with Gasteiger partial charge in [-0.25, -0.2) is 0 Å². The quantitative estimate of drug-likeness (QED) is 0.210. The van der Waals surface area contributed by atoms with E-state index in [4.69, 9.17) is 0 Å². The molecular formula is C35H22BrN3. The fourth-order valence-corrected chi connectivity index (χ4v) is 6.39. The van der Waals surface area contributed by atoms with Crippen molar-refractivity contribution in [1.82, 2.24) is 14.1 Å². The predicted octanol–water partition coefficient (Wildman–Crippen LogP) is 9.71. The molecule has 5 aromatic carbocycles. The van der Waals surface area contributed by atoms with Crippen LogP contribution in [0.5, 0.6) is 0 Å². The molecule has 0 aliphatic heterocycles. The molecule has 0 fully saturated rings. The topological polar surface area (TPSA) is 22.8 Å². The van der Waals surface area contributed by atoms with Crippen LogP contribution >= 0.6 is 15.9 Å². The second kappa shape index (κ2) is 8.69. The van der Waals surface area contributed by atoms with Gasteiger partial charge in [0.15, 0.2) is 0 Å². The van der Waals surface area contributed by atoms with E-state index in [0.717, 1.165) is 32.6 Å². The van der Waals surface area contributed by atoms with Crippen LogP contribution in [0.3, 0.4) is 0 Å². The van der Waals surface area contributed by atoms with E-state index in [1.54, 1.807) is 0 Å². The van der Waals surface area contributed by atoms with Crippen LogP contribution in [0.25, 0.3) is 66.2 Å². The van der Waals surface area contributed by atoms with E-state index < -0.39 is 0 Å². The van der Waals surface area contributed by atoms with Crippen LogP contribution in [0.1, 0.15) is 0 Å². The van der Waals surface area contributed by atoms with Gasteiger partial charge in [-0.05, 0) is 66.7 Å². The maximum atomic E-state index is 4.63. The Morgan fingerprint density at radius 2 is 1.18 bits per heavy atom. The molecule has 4 heteroatoms. The number of hydrogen-bond donors (Lipinski definition) is 0. The number of nitrogens with zero attached hydrogens (tertiary/aromatic N) is 3. The molecule has 0 aliphatic rings. The molecule has 0 spiro atoms. The summed E-state index contributed by atoms with van der Waals surface area (Å²) in [5, 5.41) is 5.02. The van der Waals surface area contributed by atoms with Crippen LogP contribution in [0.2, 0.25) is 0 Å². The monoisotopic (exact) mass is 563 g/mol. The molecule has 0 bridgehead atoms. The van der Waals surface area contributed by atoms with Gasteiger partial charge in [-0.2, -0.15) is 0 Å². The number of hydrogen-bond acceptors (Lipinski definition) is 1. The molecule has 3 nitrogen and oxygen atoms in total. The Bertz CT molecular complexity index is 2170. The van der Waals surface area contributed by atoms with E-state index in [0.29, 0.717) is 0 Å². The van der Waals surface area contributed by atoms with Gasteiger partial charge >= 0.3 is 0 Å². The molecule has 39 heavy (non-hydrogen) atoms. The van der Waals surface area contributed by atoms with Gasteiger partial charge in [-0.15, -0.1) is 0 Å². The van der Waals surface area contributed by atoms with Crippen molar-refractivity contribution in [1.29, 1.82) is 0 Å². The summed E-state index contributed by atoms with van der Waals surface area (Å²) in [6.07, 6.45) is 1.85. The second-order valence-electron chi connectivity index (χ2n) is 9.80. The summed E-state index contributed by atoms with van der Waals surface area (Å²) < 4.78 is 5.82. The highest BCUT2D eigenvalue weighted by Gasteiger charge is 2.21. The van der Waals surface area contributed by atoms with Crippen LogP contribution in [0.4, 0.5) is 0 Å². The Labute approximate surface area is 233 Å². The van der Waals surface area contributed by atoms with E-state index in [2.05, 4.69) is 145 Å².